The van der Waals surface area contributed by atoms with E-state index >= 15 is 0 Å². The van der Waals surface area contributed by atoms with E-state index in [1.807, 2.05) is 24.3 Å². The average Bonchev–Trinajstić information content (AvgIpc) is 3.08. The minimum absolute atomic E-state index is 0.0539. The summed E-state index contributed by atoms with van der Waals surface area (Å²) in [4.78, 5) is 0. The van der Waals surface area contributed by atoms with Crippen LogP contribution in [0.5, 0.6) is 5.75 Å². The topological polar surface area (TPSA) is 34.4 Å². The lowest BCUT2D eigenvalue weighted by Gasteiger charge is -2.19. The van der Waals surface area contributed by atoms with Crippen LogP contribution in [0.2, 0.25) is 5.02 Å². The minimum atomic E-state index is -0.0539. The molecule has 1 aliphatic rings. The molecule has 0 radical (unpaired) electrons. The van der Waals surface area contributed by atoms with Crippen LogP contribution in [0.15, 0.2) is 33.4 Å². The van der Waals surface area contributed by atoms with Gasteiger partial charge < -0.3 is 14.5 Å². The van der Waals surface area contributed by atoms with Crippen molar-refractivity contribution in [2.24, 2.45) is 0 Å². The van der Waals surface area contributed by atoms with E-state index in [2.05, 4.69) is 28.2 Å². The van der Waals surface area contributed by atoms with Crippen molar-refractivity contribution in [1.82, 2.24) is 5.32 Å². The number of fused-ring (bicyclic) bond motifs is 1. The van der Waals surface area contributed by atoms with E-state index in [1.54, 1.807) is 0 Å². The van der Waals surface area contributed by atoms with Gasteiger partial charge in [0.1, 0.15) is 11.5 Å². The second-order valence-electron chi connectivity index (χ2n) is 5.11. The number of benzene rings is 1. The first-order chi connectivity index (χ1) is 10.2. The molecule has 0 aliphatic carbocycles. The van der Waals surface area contributed by atoms with Crippen molar-refractivity contribution in [2.75, 3.05) is 13.2 Å². The predicted octanol–water partition coefficient (Wildman–Crippen LogP) is 4.72. The maximum absolute atomic E-state index is 6.28. The Labute approximate surface area is 137 Å². The van der Waals surface area contributed by atoms with Gasteiger partial charge in [0.15, 0.2) is 4.67 Å². The van der Waals surface area contributed by atoms with Crippen molar-refractivity contribution < 1.29 is 9.15 Å². The van der Waals surface area contributed by atoms with Gasteiger partial charge >= 0.3 is 0 Å². The maximum Gasteiger partial charge on any atom is 0.169 e. The Balaban J connectivity index is 2.04. The van der Waals surface area contributed by atoms with Gasteiger partial charge in [-0.1, -0.05) is 18.5 Å². The molecular weight excluding hydrogens is 354 g/mol. The summed E-state index contributed by atoms with van der Waals surface area (Å²) in [5.41, 5.74) is 2.22. The molecule has 1 N–H and O–H groups in total. The molecule has 1 aromatic heterocycles. The summed E-state index contributed by atoms with van der Waals surface area (Å²) in [5.74, 6) is 1.80. The maximum atomic E-state index is 6.28. The molecule has 0 saturated carbocycles. The molecule has 1 atom stereocenters. The number of rotatable bonds is 5. The molecule has 21 heavy (non-hydrogen) atoms. The molecule has 0 spiro atoms. The molecule has 112 valence electrons. The second-order valence-corrected chi connectivity index (χ2v) is 6.33. The Hall–Kier alpha value is -0.970. The highest BCUT2D eigenvalue weighted by Crippen LogP contribution is 2.39. The third kappa shape index (κ3) is 3.12. The lowest BCUT2D eigenvalue weighted by molar-refractivity contribution is 0.346. The van der Waals surface area contributed by atoms with Crippen LogP contribution in [0.25, 0.3) is 0 Å². The van der Waals surface area contributed by atoms with Crippen LogP contribution >= 0.6 is 27.5 Å². The van der Waals surface area contributed by atoms with Gasteiger partial charge in [0, 0.05) is 17.0 Å². The van der Waals surface area contributed by atoms with E-state index in [1.165, 1.54) is 5.56 Å². The quantitative estimate of drug-likeness (QED) is 0.827. The van der Waals surface area contributed by atoms with E-state index in [-0.39, 0.29) is 6.04 Å². The number of halogens is 2. The van der Waals surface area contributed by atoms with Crippen LogP contribution in [0.1, 0.15) is 36.3 Å². The van der Waals surface area contributed by atoms with E-state index < -0.39 is 0 Å². The summed E-state index contributed by atoms with van der Waals surface area (Å²) in [5, 5.41) is 4.26. The Morgan fingerprint density at radius 1 is 1.38 bits per heavy atom. The highest BCUT2D eigenvalue weighted by Gasteiger charge is 2.26. The summed E-state index contributed by atoms with van der Waals surface area (Å²) in [6.07, 6.45) is 1.95. The number of nitrogens with one attached hydrogen (secondary N) is 1. The average molecular weight is 371 g/mol. The highest BCUT2D eigenvalue weighted by atomic mass is 79.9. The summed E-state index contributed by atoms with van der Waals surface area (Å²) in [6, 6.07) is 7.78. The van der Waals surface area contributed by atoms with Gasteiger partial charge in [-0.2, -0.15) is 0 Å². The van der Waals surface area contributed by atoms with Crippen LogP contribution in [0, 0.1) is 0 Å². The van der Waals surface area contributed by atoms with Crippen molar-refractivity contribution in [3.05, 3.63) is 50.8 Å². The van der Waals surface area contributed by atoms with Gasteiger partial charge in [-0.05, 0) is 58.7 Å². The van der Waals surface area contributed by atoms with Crippen molar-refractivity contribution in [3.63, 3.8) is 0 Å². The first kappa shape index (κ1) is 14.9. The van der Waals surface area contributed by atoms with E-state index in [9.17, 15) is 0 Å². The molecule has 1 unspecified atom stereocenters. The molecule has 0 amide bonds. The van der Waals surface area contributed by atoms with Crippen LogP contribution in [-0.4, -0.2) is 13.2 Å². The standard InChI is InChI=1S/C16H17BrClNO2/c1-2-6-19-15(13-3-4-14(17)21-13)12-9-11(18)8-10-5-7-20-16(10)12/h3-4,8-9,15,19H,2,5-7H2,1H3. The van der Waals surface area contributed by atoms with Crippen LogP contribution in [0.3, 0.4) is 0 Å². The third-order valence-electron chi connectivity index (χ3n) is 3.57. The SMILES string of the molecule is CCCNC(c1ccc(Br)o1)c1cc(Cl)cc2c1OCC2. The molecule has 5 heteroatoms. The lowest BCUT2D eigenvalue weighted by atomic mass is 10.00. The van der Waals surface area contributed by atoms with E-state index in [4.69, 9.17) is 20.8 Å². The molecule has 0 saturated heterocycles. The number of furan rings is 1. The van der Waals surface area contributed by atoms with E-state index in [0.717, 1.165) is 46.2 Å². The number of hydrogen-bond acceptors (Lipinski definition) is 3. The van der Waals surface area contributed by atoms with Crippen LogP contribution in [-0.2, 0) is 6.42 Å². The molecule has 2 aromatic rings. The second kappa shape index (κ2) is 6.42. The van der Waals surface area contributed by atoms with Gasteiger partial charge in [-0.25, -0.2) is 0 Å². The zero-order valence-corrected chi connectivity index (χ0v) is 14.1. The number of hydrogen-bond donors (Lipinski definition) is 1. The van der Waals surface area contributed by atoms with Crippen molar-refractivity contribution in [3.8, 4) is 5.75 Å². The van der Waals surface area contributed by atoms with E-state index in [0.29, 0.717) is 6.61 Å². The first-order valence-corrected chi connectivity index (χ1v) is 8.30. The molecule has 2 heterocycles. The van der Waals surface area contributed by atoms with Crippen LogP contribution in [0.4, 0.5) is 0 Å². The largest absolute Gasteiger partial charge is 0.493 e. The summed E-state index contributed by atoms with van der Waals surface area (Å²) in [6.45, 7) is 3.75. The zero-order chi connectivity index (χ0) is 14.8. The van der Waals surface area contributed by atoms with Crippen molar-refractivity contribution in [1.29, 1.82) is 0 Å². The van der Waals surface area contributed by atoms with Gasteiger partial charge in [0.05, 0.1) is 12.6 Å². The Morgan fingerprint density at radius 3 is 2.95 bits per heavy atom. The summed E-state index contributed by atoms with van der Waals surface area (Å²) in [7, 11) is 0. The fourth-order valence-corrected chi connectivity index (χ4v) is 3.22. The molecule has 1 aliphatic heterocycles. The normalized spacial score (nSPS) is 14.8. The van der Waals surface area contributed by atoms with Gasteiger partial charge in [-0.3, -0.25) is 0 Å². The van der Waals surface area contributed by atoms with Gasteiger partial charge in [-0.15, -0.1) is 0 Å². The fraction of sp³-hybridized carbons (Fsp3) is 0.375. The monoisotopic (exact) mass is 369 g/mol. The highest BCUT2D eigenvalue weighted by molar-refractivity contribution is 9.10. The molecular formula is C16H17BrClNO2. The third-order valence-corrected chi connectivity index (χ3v) is 4.21. The van der Waals surface area contributed by atoms with Gasteiger partial charge in [0.25, 0.3) is 0 Å². The molecule has 0 fully saturated rings. The zero-order valence-electron chi connectivity index (χ0n) is 11.8. The van der Waals surface area contributed by atoms with Crippen LogP contribution < -0.4 is 10.1 Å². The first-order valence-electron chi connectivity index (χ1n) is 7.12. The smallest absolute Gasteiger partial charge is 0.169 e. The number of ether oxygens (including phenoxy) is 1. The molecule has 3 nitrogen and oxygen atoms in total. The molecule has 1 aromatic carbocycles. The lowest BCUT2D eigenvalue weighted by Crippen LogP contribution is -2.23. The Morgan fingerprint density at radius 2 is 2.24 bits per heavy atom. The Bertz CT molecular complexity index is 641. The predicted molar refractivity (Wildman–Crippen MR) is 87.2 cm³/mol. The van der Waals surface area contributed by atoms with Crippen molar-refractivity contribution in [2.45, 2.75) is 25.8 Å². The summed E-state index contributed by atoms with van der Waals surface area (Å²) >= 11 is 9.64. The fourth-order valence-electron chi connectivity index (χ4n) is 2.65. The van der Waals surface area contributed by atoms with Gasteiger partial charge in [0.2, 0.25) is 0 Å². The summed E-state index contributed by atoms with van der Waals surface area (Å²) < 4.78 is 12.3. The van der Waals surface area contributed by atoms with Crippen molar-refractivity contribution >= 4 is 27.5 Å². The molecule has 0 bridgehead atoms. The molecule has 3 rings (SSSR count). The minimum Gasteiger partial charge on any atom is -0.493 e. The Kier molecular flexibility index (Phi) is 4.57.